The van der Waals surface area contributed by atoms with Gasteiger partial charge in [0.15, 0.2) is 0 Å². The predicted molar refractivity (Wildman–Crippen MR) is 137 cm³/mol. The molecule has 1 atom stereocenters. The SMILES string of the molecule is CCN(C(=O)[C@H](Cc1ccccc1)NS(=O)(=O)c1cccc2cccnc12)c1ccc(OC)cc1. The third kappa shape index (κ3) is 5.50. The van der Waals surface area contributed by atoms with E-state index in [1.807, 2.05) is 37.3 Å². The molecule has 0 fully saturated rings. The lowest BCUT2D eigenvalue weighted by Gasteiger charge is -2.27. The average Bonchev–Trinajstić information content (AvgIpc) is 2.89. The molecular formula is C27H27N3O4S. The molecule has 0 aliphatic carbocycles. The molecule has 1 aromatic heterocycles. The summed E-state index contributed by atoms with van der Waals surface area (Å²) in [6.45, 7) is 2.22. The summed E-state index contributed by atoms with van der Waals surface area (Å²) in [5.74, 6) is 0.320. The Kier molecular flexibility index (Phi) is 7.43. The molecule has 1 heterocycles. The summed E-state index contributed by atoms with van der Waals surface area (Å²) >= 11 is 0. The van der Waals surface area contributed by atoms with Crippen LogP contribution in [0.5, 0.6) is 5.75 Å². The Morgan fingerprint density at radius 1 is 0.971 bits per heavy atom. The average molecular weight is 490 g/mol. The van der Waals surface area contributed by atoms with E-state index in [9.17, 15) is 13.2 Å². The van der Waals surface area contributed by atoms with Crippen molar-refractivity contribution in [3.05, 3.63) is 96.7 Å². The molecule has 0 aliphatic heterocycles. The van der Waals surface area contributed by atoms with Crippen molar-refractivity contribution in [3.63, 3.8) is 0 Å². The van der Waals surface area contributed by atoms with Crippen LogP contribution in [0.2, 0.25) is 0 Å². The van der Waals surface area contributed by atoms with Gasteiger partial charge in [-0.3, -0.25) is 9.78 Å². The molecule has 7 nitrogen and oxygen atoms in total. The first-order valence-corrected chi connectivity index (χ1v) is 12.8. The lowest BCUT2D eigenvalue weighted by Crippen LogP contribution is -2.50. The molecular weight excluding hydrogens is 462 g/mol. The number of methoxy groups -OCH3 is 1. The third-order valence-corrected chi connectivity index (χ3v) is 7.23. The summed E-state index contributed by atoms with van der Waals surface area (Å²) < 4.78 is 35.0. The van der Waals surface area contributed by atoms with Crippen molar-refractivity contribution in [1.29, 1.82) is 0 Å². The fourth-order valence-corrected chi connectivity index (χ4v) is 5.36. The Bertz CT molecular complexity index is 1400. The molecule has 1 amide bonds. The van der Waals surface area contributed by atoms with Crippen molar-refractivity contribution in [2.45, 2.75) is 24.3 Å². The molecule has 180 valence electrons. The van der Waals surface area contributed by atoms with E-state index in [1.54, 1.807) is 66.7 Å². The molecule has 0 spiro atoms. The zero-order chi connectivity index (χ0) is 24.8. The number of aromatic nitrogens is 1. The first kappa shape index (κ1) is 24.4. The minimum Gasteiger partial charge on any atom is -0.497 e. The number of benzene rings is 3. The number of pyridine rings is 1. The van der Waals surface area contributed by atoms with Crippen molar-refractivity contribution in [2.24, 2.45) is 0 Å². The highest BCUT2D eigenvalue weighted by Gasteiger charge is 2.31. The number of hydrogen-bond donors (Lipinski definition) is 1. The number of nitrogens with zero attached hydrogens (tertiary/aromatic N) is 2. The van der Waals surface area contributed by atoms with Gasteiger partial charge in [0.25, 0.3) is 0 Å². The fraction of sp³-hybridized carbons (Fsp3) is 0.185. The highest BCUT2D eigenvalue weighted by Crippen LogP contribution is 2.23. The van der Waals surface area contributed by atoms with Gasteiger partial charge in [-0.2, -0.15) is 4.72 Å². The lowest BCUT2D eigenvalue weighted by atomic mass is 10.1. The lowest BCUT2D eigenvalue weighted by molar-refractivity contribution is -0.120. The van der Waals surface area contributed by atoms with Crippen LogP contribution in [0.3, 0.4) is 0 Å². The summed E-state index contributed by atoms with van der Waals surface area (Å²) in [5, 5.41) is 0.703. The van der Waals surface area contributed by atoms with Gasteiger partial charge < -0.3 is 9.64 Å². The van der Waals surface area contributed by atoms with Crippen LogP contribution in [0.15, 0.2) is 96.0 Å². The van der Waals surface area contributed by atoms with E-state index in [1.165, 1.54) is 6.07 Å². The largest absolute Gasteiger partial charge is 0.497 e. The molecule has 0 aliphatic rings. The van der Waals surface area contributed by atoms with E-state index >= 15 is 0 Å². The smallest absolute Gasteiger partial charge is 0.245 e. The zero-order valence-electron chi connectivity index (χ0n) is 19.6. The molecule has 4 aromatic rings. The molecule has 0 saturated carbocycles. The number of rotatable bonds is 9. The Morgan fingerprint density at radius 2 is 1.69 bits per heavy atom. The van der Waals surface area contributed by atoms with Crippen LogP contribution in [-0.4, -0.2) is 39.0 Å². The zero-order valence-corrected chi connectivity index (χ0v) is 20.4. The summed E-state index contributed by atoms with van der Waals surface area (Å²) in [7, 11) is -2.49. The van der Waals surface area contributed by atoms with Crippen LogP contribution < -0.4 is 14.4 Å². The minimum absolute atomic E-state index is 0.0361. The molecule has 0 saturated heterocycles. The third-order valence-electron chi connectivity index (χ3n) is 5.73. The van der Waals surface area contributed by atoms with E-state index < -0.39 is 16.1 Å². The Balaban J connectivity index is 1.71. The van der Waals surface area contributed by atoms with Crippen LogP contribution in [0.1, 0.15) is 12.5 Å². The predicted octanol–water partition coefficient (Wildman–Crippen LogP) is 4.19. The van der Waals surface area contributed by atoms with Crippen LogP contribution >= 0.6 is 0 Å². The number of ether oxygens (including phenoxy) is 1. The van der Waals surface area contributed by atoms with Gasteiger partial charge in [-0.15, -0.1) is 0 Å². The van der Waals surface area contributed by atoms with Crippen molar-refractivity contribution < 1.29 is 17.9 Å². The summed E-state index contributed by atoms with van der Waals surface area (Å²) in [6, 6.07) is 23.9. The Morgan fingerprint density at radius 3 is 2.37 bits per heavy atom. The molecule has 0 radical (unpaired) electrons. The van der Waals surface area contributed by atoms with Crippen molar-refractivity contribution in [2.75, 3.05) is 18.6 Å². The second kappa shape index (κ2) is 10.7. The van der Waals surface area contributed by atoms with Gasteiger partial charge in [0.05, 0.1) is 12.6 Å². The number of fused-ring (bicyclic) bond motifs is 1. The molecule has 3 aromatic carbocycles. The van der Waals surface area contributed by atoms with Crippen LogP contribution in [-0.2, 0) is 21.2 Å². The highest BCUT2D eigenvalue weighted by atomic mass is 32.2. The summed E-state index contributed by atoms with van der Waals surface area (Å²) in [4.78, 5) is 19.6. The maximum absolute atomic E-state index is 13.8. The maximum Gasteiger partial charge on any atom is 0.245 e. The molecule has 0 unspecified atom stereocenters. The number of carbonyl (C=O) groups is 1. The van der Waals surface area contributed by atoms with E-state index in [0.717, 1.165) is 5.56 Å². The summed E-state index contributed by atoms with van der Waals surface area (Å²) in [5.41, 5.74) is 1.86. The minimum atomic E-state index is -4.07. The number of sulfonamides is 1. The van der Waals surface area contributed by atoms with Gasteiger partial charge in [0, 0.05) is 23.8 Å². The second-order valence-corrected chi connectivity index (χ2v) is 9.66. The number of anilines is 1. The molecule has 1 N–H and O–H groups in total. The van der Waals surface area contributed by atoms with E-state index in [-0.39, 0.29) is 17.2 Å². The number of likely N-dealkylation sites (N-methyl/N-ethyl adjacent to an activating group) is 1. The van der Waals surface area contributed by atoms with Crippen LogP contribution in [0.4, 0.5) is 5.69 Å². The van der Waals surface area contributed by atoms with E-state index in [2.05, 4.69) is 9.71 Å². The van der Waals surface area contributed by atoms with Crippen molar-refractivity contribution >= 4 is 32.5 Å². The number of hydrogen-bond acceptors (Lipinski definition) is 5. The highest BCUT2D eigenvalue weighted by molar-refractivity contribution is 7.89. The Hall–Kier alpha value is -3.75. The molecule has 8 heteroatoms. The van der Waals surface area contributed by atoms with E-state index in [4.69, 9.17) is 4.74 Å². The number of para-hydroxylation sites is 1. The van der Waals surface area contributed by atoms with E-state index in [0.29, 0.717) is 28.9 Å². The summed E-state index contributed by atoms with van der Waals surface area (Å²) in [6.07, 6.45) is 1.75. The van der Waals surface area contributed by atoms with Gasteiger partial charge in [-0.05, 0) is 55.3 Å². The van der Waals surface area contributed by atoms with Gasteiger partial charge in [0.2, 0.25) is 15.9 Å². The molecule has 4 rings (SSSR count). The topological polar surface area (TPSA) is 88.6 Å². The van der Waals surface area contributed by atoms with Gasteiger partial charge in [0.1, 0.15) is 16.7 Å². The fourth-order valence-electron chi connectivity index (χ4n) is 3.99. The van der Waals surface area contributed by atoms with Gasteiger partial charge in [-0.25, -0.2) is 8.42 Å². The quantitative estimate of drug-likeness (QED) is 0.381. The standard InChI is InChI=1S/C27H27N3O4S/c1-3-30(22-14-16-23(34-2)17-15-22)27(31)24(19-20-9-5-4-6-10-20)29-35(32,33)25-13-7-11-21-12-8-18-28-26(21)25/h4-18,24,29H,3,19H2,1-2H3/t24-/m0/s1. The molecule has 35 heavy (non-hydrogen) atoms. The first-order valence-electron chi connectivity index (χ1n) is 11.3. The number of amides is 1. The second-order valence-electron chi connectivity index (χ2n) is 7.98. The maximum atomic E-state index is 13.8. The van der Waals surface area contributed by atoms with Gasteiger partial charge >= 0.3 is 0 Å². The van der Waals surface area contributed by atoms with Crippen molar-refractivity contribution in [3.8, 4) is 5.75 Å². The molecule has 0 bridgehead atoms. The van der Waals surface area contributed by atoms with Gasteiger partial charge in [-0.1, -0.05) is 48.5 Å². The first-order chi connectivity index (χ1) is 16.9. The normalized spacial score (nSPS) is 12.3. The van der Waals surface area contributed by atoms with Crippen molar-refractivity contribution in [1.82, 2.24) is 9.71 Å². The number of carbonyl (C=O) groups excluding carboxylic acids is 1. The Labute approximate surface area is 205 Å². The van der Waals surface area contributed by atoms with Crippen LogP contribution in [0, 0.1) is 0 Å². The monoisotopic (exact) mass is 489 g/mol. The number of nitrogens with one attached hydrogen (secondary N) is 1. The van der Waals surface area contributed by atoms with Crippen LogP contribution in [0.25, 0.3) is 10.9 Å².